The molecule has 4 aromatic rings. The maximum Gasteiger partial charge on any atom is 1.00 e. The van der Waals surface area contributed by atoms with Gasteiger partial charge in [-0.15, -0.1) is 26.3 Å². The Hall–Kier alpha value is -4.26. The van der Waals surface area contributed by atoms with Crippen molar-refractivity contribution < 1.29 is 95.1 Å². The fraction of sp³-hybridized carbons (Fsp3) is 0.182. The van der Waals surface area contributed by atoms with Gasteiger partial charge in [0, 0.05) is 52.4 Å². The summed E-state index contributed by atoms with van der Waals surface area (Å²) in [6.45, 7) is 35.5. The smallest absolute Gasteiger partial charge is 1.00 e. The summed E-state index contributed by atoms with van der Waals surface area (Å²) in [6.07, 6.45) is 7.61. The molecule has 0 aliphatic carbocycles. The van der Waals surface area contributed by atoms with Gasteiger partial charge in [0.15, 0.2) is 0 Å². The molecule has 4 aromatic carbocycles. The van der Waals surface area contributed by atoms with Crippen LogP contribution in [0.2, 0.25) is 0 Å². The fourth-order valence-corrected chi connectivity index (χ4v) is 6.85. The van der Waals surface area contributed by atoms with Gasteiger partial charge in [-0.05, 0) is 48.5 Å². The summed E-state index contributed by atoms with van der Waals surface area (Å²) < 4.78 is 118. The number of hydrogen-bond acceptors (Lipinski definition) is 8. The average molecular weight is 1190 g/mol. The van der Waals surface area contributed by atoms with Crippen molar-refractivity contribution in [3.63, 3.8) is 0 Å². The third-order valence-electron chi connectivity index (χ3n) is 9.16. The monoisotopic (exact) mass is 1190 g/mol. The number of nitrogens with zero attached hydrogens (tertiary/aromatic N) is 8. The zero-order chi connectivity index (χ0) is 48.7. The summed E-state index contributed by atoms with van der Waals surface area (Å²) in [5, 5.41) is 0. The van der Waals surface area contributed by atoms with E-state index >= 15 is 0 Å². The largest absolute Gasteiger partial charge is 1.00 e. The van der Waals surface area contributed by atoms with Gasteiger partial charge >= 0.3 is 111 Å². The van der Waals surface area contributed by atoms with E-state index in [0.717, 1.165) is 52.4 Å². The minimum atomic E-state index is -10.7. The van der Waals surface area contributed by atoms with Crippen molar-refractivity contribution in [1.29, 1.82) is 0 Å². The summed E-state index contributed by atoms with van der Waals surface area (Å²) in [7, 11) is -21.3. The molecule has 0 unspecified atom stereocenters. The summed E-state index contributed by atoms with van der Waals surface area (Å²) in [5.74, 6) is 0. The molecule has 8 radical (unpaired) electrons. The Morgan fingerprint density at radius 2 is 0.441 bits per heavy atom. The summed E-state index contributed by atoms with van der Waals surface area (Å²) in [4.78, 5) is 17.2. The zero-order valence-electron chi connectivity index (χ0n) is 35.6. The van der Waals surface area contributed by atoms with Gasteiger partial charge in [0.05, 0.1) is 45.5 Å². The van der Waals surface area contributed by atoms with E-state index in [2.05, 4.69) is 189 Å². The molecule has 0 saturated heterocycles. The second-order valence-electron chi connectivity index (χ2n) is 14.5. The average Bonchev–Trinajstić information content (AvgIpc) is 3.96. The molecule has 24 heteroatoms. The van der Waals surface area contributed by atoms with Crippen molar-refractivity contribution in [1.82, 2.24) is 0 Å². The van der Waals surface area contributed by atoms with Crippen LogP contribution >= 0.6 is 15.6 Å². The number of hydrogen-bond donors (Lipinski definition) is 0. The molecule has 376 valence electrons. The van der Waals surface area contributed by atoms with Crippen LogP contribution in [0.1, 0.15) is 0 Å². The van der Waals surface area contributed by atoms with Crippen molar-refractivity contribution in [3.8, 4) is 0 Å². The predicted octanol–water partition coefficient (Wildman–Crippen LogP) is 14.8. The molecule has 8 rings (SSSR count). The second-order valence-corrected chi connectivity index (χ2v) is 18.3. The van der Waals surface area contributed by atoms with E-state index in [0.29, 0.717) is 0 Å². The molecule has 8 nitrogen and oxygen atoms in total. The van der Waals surface area contributed by atoms with Crippen molar-refractivity contribution in [2.24, 2.45) is 0 Å². The maximum absolute atomic E-state index is 10.7. The Morgan fingerprint density at radius 3 is 0.574 bits per heavy atom. The van der Waals surface area contributed by atoms with Crippen molar-refractivity contribution in [3.05, 3.63) is 174 Å². The number of benzene rings is 4. The quantitative estimate of drug-likeness (QED) is 0.0533. The molecule has 4 heterocycles. The molecule has 68 heavy (non-hydrogen) atoms. The zero-order valence-corrected chi connectivity index (χ0v) is 40.4. The number of anilines is 8. The normalized spacial score (nSPS) is 16.4. The Labute approximate surface area is 419 Å². The molecular weight excluding hydrogens is 1150 g/mol. The molecule has 4 aliphatic rings. The van der Waals surface area contributed by atoms with E-state index < -0.39 is 15.6 Å². The second kappa shape index (κ2) is 21.4. The van der Waals surface area contributed by atoms with E-state index in [9.17, 15) is 50.4 Å². The van der Waals surface area contributed by atoms with E-state index in [1.54, 1.807) is 0 Å². The SMILES string of the molecule is C=CCN1[C]N(CCN2[C]N(CC=C)c3ccccc32)c2ccccc21.C=CCN1[C]N(CCN2[C]N(CC=C)c3ccccc32)c2ccccc21.F[P-](F)(F)(F)(F)F.F[P-](F)(F)(F)(F)F.[Ag+].[Ag+]. The first kappa shape index (κ1) is 58.1. The molecule has 0 saturated carbocycles. The molecule has 0 aromatic heterocycles. The summed E-state index contributed by atoms with van der Waals surface area (Å²) in [6, 6.07) is 33.6. The summed E-state index contributed by atoms with van der Waals surface area (Å²) >= 11 is 0. The van der Waals surface area contributed by atoms with Crippen LogP contribution in [-0.4, -0.2) is 52.4 Å². The minimum Gasteiger partial charge on any atom is 1.00 e. The molecule has 0 bridgehead atoms. The molecule has 0 fully saturated rings. The molecule has 0 N–H and O–H groups in total. The van der Waals surface area contributed by atoms with Crippen molar-refractivity contribution in [2.75, 3.05) is 91.6 Å². The first-order valence-electron chi connectivity index (χ1n) is 19.7. The Kier molecular flexibility index (Phi) is 18.3. The van der Waals surface area contributed by atoms with Crippen LogP contribution in [0.15, 0.2) is 148 Å². The fourth-order valence-electron chi connectivity index (χ4n) is 6.85. The van der Waals surface area contributed by atoms with Gasteiger partial charge in [-0.1, -0.05) is 72.8 Å². The first-order chi connectivity index (χ1) is 30.5. The van der Waals surface area contributed by atoms with Crippen LogP contribution in [0.3, 0.4) is 0 Å². The molecule has 0 atom stereocenters. The molecule has 0 spiro atoms. The van der Waals surface area contributed by atoms with Gasteiger partial charge in [0.2, 0.25) is 26.7 Å². The molecule has 4 aliphatic heterocycles. The van der Waals surface area contributed by atoms with Gasteiger partial charge in [0.1, 0.15) is 0 Å². The third kappa shape index (κ3) is 18.9. The predicted molar refractivity (Wildman–Crippen MR) is 245 cm³/mol. The Bertz CT molecular complexity index is 2040. The first-order valence-corrected chi connectivity index (χ1v) is 23.8. The van der Waals surface area contributed by atoms with E-state index in [1.807, 2.05) is 24.3 Å². The maximum atomic E-state index is 9.87. The van der Waals surface area contributed by atoms with E-state index in [4.69, 9.17) is 0 Å². The topological polar surface area (TPSA) is 25.9 Å². The van der Waals surface area contributed by atoms with Crippen LogP contribution < -0.4 is 39.2 Å². The number of halogens is 12. The van der Waals surface area contributed by atoms with Crippen LogP contribution in [0.25, 0.3) is 0 Å². The number of para-hydroxylation sites is 8. The van der Waals surface area contributed by atoms with Crippen LogP contribution in [0.4, 0.5) is 95.9 Å². The van der Waals surface area contributed by atoms with Crippen molar-refractivity contribution >= 4 is 61.1 Å². The van der Waals surface area contributed by atoms with Crippen LogP contribution in [0.5, 0.6) is 0 Å². The van der Waals surface area contributed by atoms with Gasteiger partial charge in [-0.3, -0.25) is 0 Å². The van der Waals surface area contributed by atoms with Crippen LogP contribution in [0, 0.1) is 26.7 Å². The summed E-state index contributed by atoms with van der Waals surface area (Å²) in [5.41, 5.74) is 9.45. The van der Waals surface area contributed by atoms with Gasteiger partial charge in [-0.25, -0.2) is 0 Å². The van der Waals surface area contributed by atoms with Crippen LogP contribution in [-0.2, 0) is 44.8 Å². The van der Waals surface area contributed by atoms with Crippen molar-refractivity contribution in [2.45, 2.75) is 0 Å². The standard InChI is InChI=1S/2C22H22N4.2Ag.2F6P/c2*1-3-13-23-17-25(21-11-7-5-9-19(21)23)15-16-26-18-24(14-4-2)20-10-6-8-12-22(20)26;;;2*1-7(2,3,4,5)6/h2*3-12H,1-2,13-16H2;;;;/q;;2*+1;2*-1. The van der Waals surface area contributed by atoms with Gasteiger partial charge in [-0.2, -0.15) is 0 Å². The van der Waals surface area contributed by atoms with Gasteiger partial charge < -0.3 is 39.2 Å². The van der Waals surface area contributed by atoms with Gasteiger partial charge in [0.25, 0.3) is 0 Å². The number of rotatable bonds is 14. The van der Waals surface area contributed by atoms with E-state index in [1.165, 1.54) is 45.5 Å². The van der Waals surface area contributed by atoms with E-state index in [-0.39, 0.29) is 44.8 Å². The Balaban J connectivity index is 0.000000276. The molecule has 0 amide bonds. The Morgan fingerprint density at radius 1 is 0.309 bits per heavy atom. The molecular formula is C44H44Ag2F12N8P2. The third-order valence-corrected chi connectivity index (χ3v) is 9.16. The number of fused-ring (bicyclic) bond motifs is 4. The minimum absolute atomic E-state index is 0.